The van der Waals surface area contributed by atoms with Crippen LogP contribution in [0.2, 0.25) is 0 Å². The summed E-state index contributed by atoms with van der Waals surface area (Å²) in [7, 11) is 0. The van der Waals surface area contributed by atoms with E-state index in [0.717, 1.165) is 24.7 Å². The van der Waals surface area contributed by atoms with Crippen LogP contribution in [0, 0.1) is 5.92 Å². The Morgan fingerprint density at radius 3 is 2.60 bits per heavy atom. The molecule has 1 rings (SSSR count). The maximum absolute atomic E-state index is 4.48. The Balaban J connectivity index is 2.26. The summed E-state index contributed by atoms with van der Waals surface area (Å²) in [5, 5.41) is 7.89. The molecule has 0 amide bonds. The Morgan fingerprint density at radius 2 is 2.07 bits per heavy atom. The minimum atomic E-state index is 0.453. The highest BCUT2D eigenvalue weighted by molar-refractivity contribution is 4.98. The largest absolute Gasteiger partial charge is 0.311 e. The van der Waals surface area contributed by atoms with Crippen molar-refractivity contribution in [2.75, 3.05) is 6.54 Å². The van der Waals surface area contributed by atoms with Crippen molar-refractivity contribution in [3.8, 4) is 0 Å². The van der Waals surface area contributed by atoms with Gasteiger partial charge in [0.2, 0.25) is 0 Å². The highest BCUT2D eigenvalue weighted by atomic mass is 15.3. The van der Waals surface area contributed by atoms with Gasteiger partial charge in [0, 0.05) is 18.8 Å². The van der Waals surface area contributed by atoms with Crippen LogP contribution in [0.15, 0.2) is 12.3 Å². The second kappa shape index (κ2) is 5.91. The highest BCUT2D eigenvalue weighted by Gasteiger charge is 2.01. The number of rotatable bonds is 6. The van der Waals surface area contributed by atoms with Crippen LogP contribution in [-0.2, 0) is 6.54 Å². The third-order valence-electron chi connectivity index (χ3n) is 2.40. The summed E-state index contributed by atoms with van der Waals surface area (Å²) in [6.45, 7) is 10.7. The summed E-state index contributed by atoms with van der Waals surface area (Å²) in [6.07, 6.45) is 3.27. The van der Waals surface area contributed by atoms with Gasteiger partial charge in [-0.05, 0) is 38.8 Å². The van der Waals surface area contributed by atoms with Crippen LogP contribution >= 0.6 is 0 Å². The predicted octanol–water partition coefficient (Wildman–Crippen LogP) is 2.60. The van der Waals surface area contributed by atoms with E-state index in [1.165, 1.54) is 6.42 Å². The van der Waals surface area contributed by atoms with Crippen molar-refractivity contribution in [1.82, 2.24) is 15.1 Å². The van der Waals surface area contributed by atoms with Gasteiger partial charge < -0.3 is 5.32 Å². The van der Waals surface area contributed by atoms with Gasteiger partial charge >= 0.3 is 0 Å². The van der Waals surface area contributed by atoms with Gasteiger partial charge in [0.1, 0.15) is 0 Å². The van der Waals surface area contributed by atoms with Gasteiger partial charge in [0.05, 0.1) is 5.69 Å². The van der Waals surface area contributed by atoms with Crippen molar-refractivity contribution in [3.63, 3.8) is 0 Å². The Kier molecular flexibility index (Phi) is 4.82. The second-order valence-electron chi connectivity index (χ2n) is 4.74. The molecule has 0 atom stereocenters. The first-order valence-electron chi connectivity index (χ1n) is 5.84. The topological polar surface area (TPSA) is 29.9 Å². The predicted molar refractivity (Wildman–Crippen MR) is 63.8 cm³/mol. The molecule has 0 radical (unpaired) electrons. The van der Waals surface area contributed by atoms with Crippen molar-refractivity contribution < 1.29 is 0 Å². The molecule has 0 bridgehead atoms. The van der Waals surface area contributed by atoms with E-state index in [2.05, 4.69) is 44.2 Å². The highest BCUT2D eigenvalue weighted by Crippen LogP contribution is 2.04. The smallest absolute Gasteiger partial charge is 0.0762 e. The van der Waals surface area contributed by atoms with Gasteiger partial charge in [-0.3, -0.25) is 4.68 Å². The van der Waals surface area contributed by atoms with Gasteiger partial charge in [-0.15, -0.1) is 0 Å². The van der Waals surface area contributed by atoms with Crippen molar-refractivity contribution in [1.29, 1.82) is 0 Å². The lowest BCUT2D eigenvalue weighted by molar-refractivity contribution is 0.510. The Morgan fingerprint density at radius 1 is 1.33 bits per heavy atom. The van der Waals surface area contributed by atoms with Crippen molar-refractivity contribution in [2.24, 2.45) is 5.92 Å². The quantitative estimate of drug-likeness (QED) is 0.730. The van der Waals surface area contributed by atoms with Crippen LogP contribution in [0.5, 0.6) is 0 Å². The summed E-state index contributed by atoms with van der Waals surface area (Å²) in [6, 6.07) is 2.54. The molecule has 86 valence electrons. The molecular formula is C12H23N3. The number of nitrogens with one attached hydrogen (secondary N) is 1. The zero-order valence-corrected chi connectivity index (χ0v) is 10.3. The number of aromatic nitrogens is 2. The molecular weight excluding hydrogens is 186 g/mol. The van der Waals surface area contributed by atoms with Gasteiger partial charge in [-0.25, -0.2) is 0 Å². The molecule has 1 heterocycles. The van der Waals surface area contributed by atoms with E-state index in [1.54, 1.807) is 0 Å². The van der Waals surface area contributed by atoms with E-state index in [0.29, 0.717) is 6.04 Å². The fourth-order valence-corrected chi connectivity index (χ4v) is 1.37. The molecule has 0 aliphatic carbocycles. The van der Waals surface area contributed by atoms with Gasteiger partial charge in [-0.1, -0.05) is 13.8 Å². The first-order valence-corrected chi connectivity index (χ1v) is 5.84. The average molecular weight is 209 g/mol. The standard InChI is InChI=1S/C12H23N3/c1-10(2)5-7-13-9-12-6-8-15(14-12)11(3)4/h6,8,10-11,13H,5,7,9H2,1-4H3. The first kappa shape index (κ1) is 12.2. The molecule has 0 fully saturated rings. The van der Waals surface area contributed by atoms with Crippen LogP contribution in [0.1, 0.15) is 45.9 Å². The molecule has 0 saturated carbocycles. The van der Waals surface area contributed by atoms with Gasteiger partial charge in [0.25, 0.3) is 0 Å². The Hall–Kier alpha value is -0.830. The van der Waals surface area contributed by atoms with Crippen LogP contribution < -0.4 is 5.32 Å². The molecule has 3 nitrogen and oxygen atoms in total. The molecule has 0 aliphatic heterocycles. The molecule has 0 aliphatic rings. The third kappa shape index (κ3) is 4.47. The van der Waals surface area contributed by atoms with Gasteiger partial charge in [-0.2, -0.15) is 5.10 Å². The van der Waals surface area contributed by atoms with Crippen molar-refractivity contribution >= 4 is 0 Å². The van der Waals surface area contributed by atoms with E-state index in [1.807, 2.05) is 10.9 Å². The van der Waals surface area contributed by atoms with Crippen LogP contribution in [0.4, 0.5) is 0 Å². The number of hydrogen-bond donors (Lipinski definition) is 1. The van der Waals surface area contributed by atoms with E-state index < -0.39 is 0 Å². The van der Waals surface area contributed by atoms with E-state index in [4.69, 9.17) is 0 Å². The summed E-state index contributed by atoms with van der Waals surface area (Å²) >= 11 is 0. The lowest BCUT2D eigenvalue weighted by Crippen LogP contribution is -2.17. The zero-order chi connectivity index (χ0) is 11.3. The third-order valence-corrected chi connectivity index (χ3v) is 2.40. The van der Waals surface area contributed by atoms with E-state index >= 15 is 0 Å². The molecule has 0 aromatic carbocycles. The van der Waals surface area contributed by atoms with Crippen LogP contribution in [-0.4, -0.2) is 16.3 Å². The van der Waals surface area contributed by atoms with E-state index in [-0.39, 0.29) is 0 Å². The minimum absolute atomic E-state index is 0.453. The second-order valence-corrected chi connectivity index (χ2v) is 4.74. The zero-order valence-electron chi connectivity index (χ0n) is 10.3. The monoisotopic (exact) mass is 209 g/mol. The molecule has 1 N–H and O–H groups in total. The van der Waals surface area contributed by atoms with Crippen LogP contribution in [0.3, 0.4) is 0 Å². The Bertz CT molecular complexity index is 276. The maximum Gasteiger partial charge on any atom is 0.0762 e. The molecule has 0 unspecified atom stereocenters. The Labute approximate surface area is 92.9 Å². The number of hydrogen-bond acceptors (Lipinski definition) is 2. The average Bonchev–Trinajstić information content (AvgIpc) is 2.60. The lowest BCUT2D eigenvalue weighted by atomic mass is 10.1. The minimum Gasteiger partial charge on any atom is -0.311 e. The maximum atomic E-state index is 4.48. The first-order chi connectivity index (χ1) is 7.09. The molecule has 0 spiro atoms. The summed E-state index contributed by atoms with van der Waals surface area (Å²) in [5.74, 6) is 0.769. The van der Waals surface area contributed by atoms with Crippen molar-refractivity contribution in [2.45, 2.75) is 46.7 Å². The van der Waals surface area contributed by atoms with Gasteiger partial charge in [0.15, 0.2) is 0 Å². The molecule has 15 heavy (non-hydrogen) atoms. The van der Waals surface area contributed by atoms with E-state index in [9.17, 15) is 0 Å². The molecule has 0 saturated heterocycles. The fourth-order valence-electron chi connectivity index (χ4n) is 1.37. The van der Waals surface area contributed by atoms with Crippen molar-refractivity contribution in [3.05, 3.63) is 18.0 Å². The molecule has 1 aromatic rings. The summed E-state index contributed by atoms with van der Waals surface area (Å²) in [4.78, 5) is 0. The molecule has 1 aromatic heterocycles. The van der Waals surface area contributed by atoms with Crippen LogP contribution in [0.25, 0.3) is 0 Å². The summed E-state index contributed by atoms with van der Waals surface area (Å²) in [5.41, 5.74) is 1.13. The number of nitrogens with zero attached hydrogens (tertiary/aromatic N) is 2. The SMILES string of the molecule is CC(C)CCNCc1ccn(C(C)C)n1. The normalized spacial score (nSPS) is 11.6. The molecule has 3 heteroatoms. The lowest BCUT2D eigenvalue weighted by Gasteiger charge is -2.06. The fraction of sp³-hybridized carbons (Fsp3) is 0.750. The summed E-state index contributed by atoms with van der Waals surface area (Å²) < 4.78 is 2.00.